The second-order valence-electron chi connectivity index (χ2n) is 7.48. The van der Waals surface area contributed by atoms with Crippen molar-refractivity contribution >= 4 is 38.5 Å². The highest BCUT2D eigenvalue weighted by Gasteiger charge is 2.19. The zero-order valence-corrected chi connectivity index (χ0v) is 19.5. The molecule has 1 aliphatic rings. The Hall–Kier alpha value is -2.88. The van der Waals surface area contributed by atoms with Crippen molar-refractivity contribution < 1.29 is 27.4 Å². The molecule has 0 bridgehead atoms. The van der Waals surface area contributed by atoms with Crippen LogP contribution in [0.25, 0.3) is 10.9 Å². The number of aromatic nitrogens is 1. The van der Waals surface area contributed by atoms with Crippen LogP contribution >= 0.6 is 11.6 Å². The van der Waals surface area contributed by atoms with E-state index in [-0.39, 0.29) is 30.9 Å². The Kier molecular flexibility index (Phi) is 7.02. The van der Waals surface area contributed by atoms with Crippen molar-refractivity contribution in [2.24, 2.45) is 0 Å². The van der Waals surface area contributed by atoms with E-state index in [1.165, 1.54) is 12.1 Å². The molecule has 0 aliphatic carbocycles. The van der Waals surface area contributed by atoms with Crippen LogP contribution in [0.2, 0.25) is 5.02 Å². The van der Waals surface area contributed by atoms with E-state index in [9.17, 15) is 13.2 Å². The number of aryl methyl sites for hydroxylation is 1. The van der Waals surface area contributed by atoms with Crippen LogP contribution in [0, 0.1) is 6.92 Å². The summed E-state index contributed by atoms with van der Waals surface area (Å²) in [7, 11) is -3.74. The van der Waals surface area contributed by atoms with Crippen LogP contribution in [-0.4, -0.2) is 39.1 Å². The number of benzene rings is 2. The van der Waals surface area contributed by atoms with Gasteiger partial charge in [-0.25, -0.2) is 18.1 Å². The van der Waals surface area contributed by atoms with Crippen LogP contribution in [0.5, 0.6) is 11.5 Å². The number of nitrogens with one attached hydrogen (secondary N) is 1. The molecular weight excluding hydrogens is 468 g/mol. The third-order valence-corrected chi connectivity index (χ3v) is 7.15. The van der Waals surface area contributed by atoms with Crippen molar-refractivity contribution in [2.45, 2.75) is 31.3 Å². The first-order valence-electron chi connectivity index (χ1n) is 10.4. The number of esters is 1. The molecule has 0 spiro atoms. The van der Waals surface area contributed by atoms with E-state index in [0.717, 1.165) is 16.5 Å². The van der Waals surface area contributed by atoms with E-state index in [4.69, 9.17) is 25.8 Å². The first kappa shape index (κ1) is 23.3. The lowest BCUT2D eigenvalue weighted by Gasteiger charge is -2.18. The van der Waals surface area contributed by atoms with Gasteiger partial charge in [0.25, 0.3) is 0 Å². The number of halogens is 1. The number of carbonyl (C=O) groups excluding carboxylic acids is 1. The van der Waals surface area contributed by atoms with E-state index in [2.05, 4.69) is 9.71 Å². The van der Waals surface area contributed by atoms with Gasteiger partial charge in [0.1, 0.15) is 19.8 Å². The fourth-order valence-electron chi connectivity index (χ4n) is 3.45. The Bertz CT molecular complexity index is 1300. The van der Waals surface area contributed by atoms with Gasteiger partial charge in [0.15, 0.2) is 11.5 Å². The summed E-state index contributed by atoms with van der Waals surface area (Å²) in [4.78, 5) is 16.7. The summed E-state index contributed by atoms with van der Waals surface area (Å²) in [5.41, 5.74) is 2.14. The molecule has 10 heteroatoms. The summed E-state index contributed by atoms with van der Waals surface area (Å²) in [6.07, 6.45) is 0.328. The molecule has 0 saturated heterocycles. The molecule has 1 aliphatic heterocycles. The number of ether oxygens (including phenoxy) is 3. The quantitative estimate of drug-likeness (QED) is 0.378. The Morgan fingerprint density at radius 2 is 1.91 bits per heavy atom. The second-order valence-corrected chi connectivity index (χ2v) is 9.63. The number of sulfonamides is 1. The molecule has 33 heavy (non-hydrogen) atoms. The third kappa shape index (κ3) is 5.38. The van der Waals surface area contributed by atoms with Gasteiger partial charge in [0, 0.05) is 24.4 Å². The van der Waals surface area contributed by atoms with Crippen molar-refractivity contribution in [1.29, 1.82) is 0 Å². The lowest BCUT2D eigenvalue weighted by molar-refractivity contribution is -0.145. The van der Waals surface area contributed by atoms with Crippen LogP contribution in [0.15, 0.2) is 47.4 Å². The van der Waals surface area contributed by atoms with Gasteiger partial charge in [0.05, 0.1) is 21.1 Å². The minimum absolute atomic E-state index is 0.0493. The molecule has 0 fully saturated rings. The molecule has 174 valence electrons. The average Bonchev–Trinajstić information content (AvgIpc) is 2.83. The number of fused-ring (bicyclic) bond motifs is 2. The lowest BCUT2D eigenvalue weighted by Crippen LogP contribution is -2.25. The van der Waals surface area contributed by atoms with Gasteiger partial charge >= 0.3 is 5.97 Å². The molecule has 1 aromatic heterocycles. The topological polar surface area (TPSA) is 104 Å². The van der Waals surface area contributed by atoms with Crippen molar-refractivity contribution in [1.82, 2.24) is 9.71 Å². The monoisotopic (exact) mass is 490 g/mol. The number of carbonyl (C=O) groups is 1. The smallest absolute Gasteiger partial charge is 0.306 e. The van der Waals surface area contributed by atoms with Crippen molar-refractivity contribution in [3.63, 3.8) is 0 Å². The van der Waals surface area contributed by atoms with Gasteiger partial charge in [-0.05, 0) is 37.1 Å². The van der Waals surface area contributed by atoms with Gasteiger partial charge < -0.3 is 14.2 Å². The molecule has 8 nitrogen and oxygen atoms in total. The molecule has 3 aromatic rings. The molecule has 1 N–H and O–H groups in total. The van der Waals surface area contributed by atoms with E-state index in [1.54, 1.807) is 6.07 Å². The average molecular weight is 491 g/mol. The van der Waals surface area contributed by atoms with E-state index >= 15 is 0 Å². The minimum Gasteiger partial charge on any atom is -0.486 e. The highest BCUT2D eigenvalue weighted by Crippen LogP contribution is 2.32. The Morgan fingerprint density at radius 1 is 1.15 bits per heavy atom. The highest BCUT2D eigenvalue weighted by atomic mass is 35.5. The normalized spacial score (nSPS) is 13.2. The summed E-state index contributed by atoms with van der Waals surface area (Å²) >= 11 is 6.39. The SMILES string of the molecule is Cc1c(Cl)c(COC(=O)CCCNS(=O)(=O)c2ccc3c(c2)OCCO3)nc2ccccc12. The molecule has 0 atom stereocenters. The third-order valence-electron chi connectivity index (χ3n) is 5.19. The predicted molar refractivity (Wildman–Crippen MR) is 123 cm³/mol. The predicted octanol–water partition coefficient (Wildman–Crippen LogP) is 3.77. The summed E-state index contributed by atoms with van der Waals surface area (Å²) in [5.74, 6) is 0.445. The minimum atomic E-state index is -3.74. The number of para-hydroxylation sites is 1. The number of nitrogens with zero attached hydrogens (tertiary/aromatic N) is 1. The van der Waals surface area contributed by atoms with Crippen LogP contribution in [0.4, 0.5) is 0 Å². The number of pyridine rings is 1. The van der Waals surface area contributed by atoms with Gasteiger partial charge in [-0.2, -0.15) is 0 Å². The number of hydrogen-bond acceptors (Lipinski definition) is 7. The Balaban J connectivity index is 1.27. The maximum atomic E-state index is 12.5. The molecular formula is C23H23ClN2O6S. The largest absolute Gasteiger partial charge is 0.486 e. The molecule has 0 radical (unpaired) electrons. The van der Waals surface area contributed by atoms with E-state index in [0.29, 0.717) is 35.4 Å². The number of hydrogen-bond donors (Lipinski definition) is 1. The fourth-order valence-corrected chi connectivity index (χ4v) is 4.74. The van der Waals surface area contributed by atoms with Crippen LogP contribution in [0.3, 0.4) is 0 Å². The van der Waals surface area contributed by atoms with Crippen molar-refractivity contribution in [2.75, 3.05) is 19.8 Å². The number of rotatable bonds is 8. The lowest BCUT2D eigenvalue weighted by atomic mass is 10.1. The maximum absolute atomic E-state index is 12.5. The first-order valence-corrected chi connectivity index (χ1v) is 12.3. The summed E-state index contributed by atoms with van der Waals surface area (Å²) in [6.45, 7) is 2.72. The van der Waals surface area contributed by atoms with Gasteiger partial charge in [-0.3, -0.25) is 4.79 Å². The van der Waals surface area contributed by atoms with Crippen LogP contribution in [-0.2, 0) is 26.2 Å². The maximum Gasteiger partial charge on any atom is 0.306 e. The van der Waals surface area contributed by atoms with Crippen molar-refractivity contribution in [3.8, 4) is 11.5 Å². The Labute approximate surface area is 196 Å². The molecule has 2 aromatic carbocycles. The molecule has 0 saturated carbocycles. The molecule has 0 amide bonds. The van der Waals surface area contributed by atoms with Crippen molar-refractivity contribution in [3.05, 3.63) is 58.7 Å². The molecule has 2 heterocycles. The second kappa shape index (κ2) is 9.94. The summed E-state index contributed by atoms with van der Waals surface area (Å²) in [6, 6.07) is 12.0. The fraction of sp³-hybridized carbons (Fsp3) is 0.304. The van der Waals surface area contributed by atoms with E-state index < -0.39 is 16.0 Å². The molecule has 0 unspecified atom stereocenters. The van der Waals surface area contributed by atoms with Gasteiger partial charge in [-0.15, -0.1) is 0 Å². The zero-order chi connectivity index (χ0) is 23.4. The first-order chi connectivity index (χ1) is 15.8. The van der Waals surface area contributed by atoms with Gasteiger partial charge in [-0.1, -0.05) is 29.8 Å². The van der Waals surface area contributed by atoms with Crippen LogP contribution in [0.1, 0.15) is 24.1 Å². The summed E-state index contributed by atoms with van der Waals surface area (Å²) < 4.78 is 43.6. The zero-order valence-electron chi connectivity index (χ0n) is 18.0. The highest BCUT2D eigenvalue weighted by molar-refractivity contribution is 7.89. The standard InChI is InChI=1S/C23H23ClN2O6S/c1-15-17-5-2-3-6-18(17)26-19(23(15)24)14-32-22(27)7-4-10-25-33(28,29)16-8-9-20-21(13-16)31-12-11-30-20/h2-3,5-6,8-9,13,25H,4,7,10-12,14H2,1H3. The molecule has 4 rings (SSSR count). The van der Waals surface area contributed by atoms with E-state index in [1.807, 2.05) is 31.2 Å². The Morgan fingerprint density at radius 3 is 2.73 bits per heavy atom. The van der Waals surface area contributed by atoms with Gasteiger partial charge in [0.2, 0.25) is 10.0 Å². The summed E-state index contributed by atoms with van der Waals surface area (Å²) in [5, 5.41) is 1.41. The van der Waals surface area contributed by atoms with Crippen LogP contribution < -0.4 is 14.2 Å².